The lowest BCUT2D eigenvalue weighted by Gasteiger charge is -2.24. The Balaban J connectivity index is 1.63. The number of rotatable bonds is 8. The van der Waals surface area contributed by atoms with Crippen LogP contribution in [0.25, 0.3) is 0 Å². The Hall–Kier alpha value is -2.67. The van der Waals surface area contributed by atoms with Gasteiger partial charge in [0.25, 0.3) is 0 Å². The summed E-state index contributed by atoms with van der Waals surface area (Å²) in [5.74, 6) is 1.03. The molecule has 0 radical (unpaired) electrons. The monoisotopic (exact) mass is 414 g/mol. The zero-order chi connectivity index (χ0) is 20.8. The van der Waals surface area contributed by atoms with Crippen molar-refractivity contribution in [1.29, 1.82) is 0 Å². The lowest BCUT2D eigenvalue weighted by molar-refractivity contribution is -0.124. The summed E-state index contributed by atoms with van der Waals surface area (Å²) in [6.07, 6.45) is 0.116. The maximum atomic E-state index is 12.6. The van der Waals surface area contributed by atoms with Gasteiger partial charge in [-0.2, -0.15) is 0 Å². The van der Waals surface area contributed by atoms with E-state index in [1.165, 1.54) is 11.8 Å². The molecule has 0 aromatic heterocycles. The molecule has 29 heavy (non-hydrogen) atoms. The normalized spacial score (nSPS) is 16.4. The van der Waals surface area contributed by atoms with Gasteiger partial charge in [-0.1, -0.05) is 18.2 Å². The third-order valence-corrected chi connectivity index (χ3v) is 5.80. The van der Waals surface area contributed by atoms with Crippen LogP contribution >= 0.6 is 11.8 Å². The Kier molecular flexibility index (Phi) is 7.04. The molecule has 0 spiro atoms. The van der Waals surface area contributed by atoms with Crippen molar-refractivity contribution in [3.8, 4) is 11.5 Å². The molecule has 154 valence electrons. The summed E-state index contributed by atoms with van der Waals surface area (Å²) in [4.78, 5) is 25.9. The van der Waals surface area contributed by atoms with Gasteiger partial charge < -0.3 is 20.1 Å². The zero-order valence-electron chi connectivity index (χ0n) is 16.9. The first-order valence-corrected chi connectivity index (χ1v) is 10.6. The molecule has 1 aliphatic heterocycles. The van der Waals surface area contributed by atoms with Crippen molar-refractivity contribution < 1.29 is 19.1 Å². The van der Waals surface area contributed by atoms with Crippen molar-refractivity contribution in [2.75, 3.05) is 18.5 Å². The van der Waals surface area contributed by atoms with Crippen molar-refractivity contribution in [2.24, 2.45) is 0 Å². The summed E-state index contributed by atoms with van der Waals surface area (Å²) in [5, 5.41) is 5.40. The third-order valence-electron chi connectivity index (χ3n) is 4.52. The zero-order valence-corrected chi connectivity index (χ0v) is 17.7. The molecule has 0 aliphatic carbocycles. The van der Waals surface area contributed by atoms with Gasteiger partial charge in [0, 0.05) is 11.3 Å². The molecular formula is C22H26N2O4S. The average molecular weight is 415 g/mol. The number of ether oxygens (including phenoxy) is 2. The van der Waals surface area contributed by atoms with E-state index in [1.807, 2.05) is 63.2 Å². The molecule has 3 rings (SSSR count). The van der Waals surface area contributed by atoms with Gasteiger partial charge in [-0.05, 0) is 50.6 Å². The van der Waals surface area contributed by atoms with E-state index in [0.29, 0.717) is 24.7 Å². The van der Waals surface area contributed by atoms with E-state index in [1.54, 1.807) is 0 Å². The summed E-state index contributed by atoms with van der Waals surface area (Å²) in [5.41, 5.74) is 1.71. The summed E-state index contributed by atoms with van der Waals surface area (Å²) >= 11 is 1.42. The number of hydrogen-bond acceptors (Lipinski definition) is 5. The molecule has 2 aromatic carbocycles. The molecule has 2 amide bonds. The number of anilines is 1. The standard InChI is InChI=1S/C22H26N2O4S/c1-4-27-17-11-10-15(12-18(17)28-5-2)14(3)23-21(25)13-20-22(26)24-16-8-6-7-9-19(16)29-20/h6-12,14,20H,4-5,13H2,1-3H3,(H,23,25)(H,24,26)/t14-,20-/m0/s1. The molecule has 0 saturated heterocycles. The highest BCUT2D eigenvalue weighted by atomic mass is 32.2. The van der Waals surface area contributed by atoms with E-state index in [0.717, 1.165) is 16.1 Å². The van der Waals surface area contributed by atoms with Crippen LogP contribution in [0.5, 0.6) is 11.5 Å². The van der Waals surface area contributed by atoms with Crippen molar-refractivity contribution in [1.82, 2.24) is 5.32 Å². The number of para-hydroxylation sites is 1. The van der Waals surface area contributed by atoms with Gasteiger partial charge in [0.15, 0.2) is 11.5 Å². The number of nitrogens with one attached hydrogen (secondary N) is 2. The molecule has 1 heterocycles. The molecule has 0 unspecified atom stereocenters. The minimum absolute atomic E-state index is 0.116. The largest absolute Gasteiger partial charge is 0.490 e. The topological polar surface area (TPSA) is 76.7 Å². The maximum absolute atomic E-state index is 12.6. The summed E-state index contributed by atoms with van der Waals surface area (Å²) in [6, 6.07) is 13.0. The Morgan fingerprint density at radius 2 is 1.86 bits per heavy atom. The van der Waals surface area contributed by atoms with Crippen molar-refractivity contribution in [3.05, 3.63) is 48.0 Å². The van der Waals surface area contributed by atoms with Crippen LogP contribution in [-0.4, -0.2) is 30.3 Å². The molecule has 1 aliphatic rings. The minimum Gasteiger partial charge on any atom is -0.490 e. The van der Waals surface area contributed by atoms with Gasteiger partial charge in [0.05, 0.1) is 30.2 Å². The molecule has 6 nitrogen and oxygen atoms in total. The fourth-order valence-electron chi connectivity index (χ4n) is 3.12. The van der Waals surface area contributed by atoms with Crippen LogP contribution in [0, 0.1) is 0 Å². The van der Waals surface area contributed by atoms with E-state index in [9.17, 15) is 9.59 Å². The molecule has 0 bridgehead atoms. The van der Waals surface area contributed by atoms with Crippen molar-refractivity contribution >= 4 is 29.3 Å². The highest BCUT2D eigenvalue weighted by Crippen LogP contribution is 2.36. The van der Waals surface area contributed by atoms with Gasteiger partial charge in [-0.25, -0.2) is 0 Å². The fourth-order valence-corrected chi connectivity index (χ4v) is 4.23. The van der Waals surface area contributed by atoms with Crippen LogP contribution < -0.4 is 20.1 Å². The molecule has 2 aromatic rings. The lowest BCUT2D eigenvalue weighted by atomic mass is 10.1. The van der Waals surface area contributed by atoms with Crippen LogP contribution in [0.2, 0.25) is 0 Å². The summed E-state index contributed by atoms with van der Waals surface area (Å²) in [6.45, 7) is 6.82. The van der Waals surface area contributed by atoms with E-state index >= 15 is 0 Å². The smallest absolute Gasteiger partial charge is 0.238 e. The third kappa shape index (κ3) is 5.23. The summed E-state index contributed by atoms with van der Waals surface area (Å²) in [7, 11) is 0. The first kappa shape index (κ1) is 21.0. The molecule has 2 atom stereocenters. The highest BCUT2D eigenvalue weighted by Gasteiger charge is 2.29. The number of amides is 2. The highest BCUT2D eigenvalue weighted by molar-refractivity contribution is 8.01. The number of hydrogen-bond donors (Lipinski definition) is 2. The second-order valence-corrected chi connectivity index (χ2v) is 7.90. The van der Waals surface area contributed by atoms with Crippen LogP contribution in [0.4, 0.5) is 5.69 Å². The number of carbonyl (C=O) groups is 2. The Morgan fingerprint density at radius 1 is 1.14 bits per heavy atom. The van der Waals surface area contributed by atoms with Crippen LogP contribution in [0.1, 0.15) is 38.8 Å². The summed E-state index contributed by atoms with van der Waals surface area (Å²) < 4.78 is 11.2. The SMILES string of the molecule is CCOc1ccc([C@H](C)NC(=O)C[C@@H]2Sc3ccccc3NC2=O)cc1OCC. The first-order chi connectivity index (χ1) is 14.0. The molecular weight excluding hydrogens is 388 g/mol. The second-order valence-electron chi connectivity index (χ2n) is 6.66. The number of fused-ring (bicyclic) bond motifs is 1. The predicted octanol–water partition coefficient (Wildman–Crippen LogP) is 4.16. The number of carbonyl (C=O) groups excluding carboxylic acids is 2. The van der Waals surface area contributed by atoms with E-state index in [2.05, 4.69) is 10.6 Å². The Labute approximate surface area is 175 Å². The van der Waals surface area contributed by atoms with Crippen LogP contribution in [0.15, 0.2) is 47.4 Å². The van der Waals surface area contributed by atoms with E-state index in [-0.39, 0.29) is 24.3 Å². The Bertz CT molecular complexity index is 887. The van der Waals surface area contributed by atoms with Crippen LogP contribution in [-0.2, 0) is 9.59 Å². The van der Waals surface area contributed by atoms with Gasteiger partial charge in [0.2, 0.25) is 11.8 Å². The first-order valence-electron chi connectivity index (χ1n) is 9.77. The van der Waals surface area contributed by atoms with Gasteiger partial charge in [-0.3, -0.25) is 9.59 Å². The second kappa shape index (κ2) is 9.69. The van der Waals surface area contributed by atoms with Crippen LogP contribution in [0.3, 0.4) is 0 Å². The number of thioether (sulfide) groups is 1. The number of benzene rings is 2. The maximum Gasteiger partial charge on any atom is 0.238 e. The molecule has 2 N–H and O–H groups in total. The Morgan fingerprint density at radius 3 is 2.62 bits per heavy atom. The van der Waals surface area contributed by atoms with E-state index < -0.39 is 5.25 Å². The van der Waals surface area contributed by atoms with Gasteiger partial charge >= 0.3 is 0 Å². The average Bonchev–Trinajstić information content (AvgIpc) is 2.70. The fraction of sp³-hybridized carbons (Fsp3) is 0.364. The quantitative estimate of drug-likeness (QED) is 0.678. The van der Waals surface area contributed by atoms with E-state index in [4.69, 9.17) is 9.47 Å². The van der Waals surface area contributed by atoms with Crippen molar-refractivity contribution in [2.45, 2.75) is 43.4 Å². The molecule has 7 heteroatoms. The van der Waals surface area contributed by atoms with Gasteiger partial charge in [0.1, 0.15) is 0 Å². The van der Waals surface area contributed by atoms with Gasteiger partial charge in [-0.15, -0.1) is 11.8 Å². The molecule has 0 fully saturated rings. The predicted molar refractivity (Wildman–Crippen MR) is 115 cm³/mol. The lowest BCUT2D eigenvalue weighted by Crippen LogP contribution is -2.35. The van der Waals surface area contributed by atoms with Crippen molar-refractivity contribution in [3.63, 3.8) is 0 Å². The molecule has 0 saturated carbocycles. The minimum atomic E-state index is -0.448.